The van der Waals surface area contributed by atoms with Crippen molar-refractivity contribution in [2.45, 2.75) is 11.9 Å². The summed E-state index contributed by atoms with van der Waals surface area (Å²) in [4.78, 5) is 28.9. The molecule has 1 aromatic heterocycles. The van der Waals surface area contributed by atoms with Crippen molar-refractivity contribution in [1.82, 2.24) is 9.88 Å². The highest BCUT2D eigenvalue weighted by Gasteiger charge is 2.18. The van der Waals surface area contributed by atoms with Gasteiger partial charge in [0.15, 0.2) is 0 Å². The smallest absolute Gasteiger partial charge is 0.325 e. The van der Waals surface area contributed by atoms with Crippen molar-refractivity contribution in [3.63, 3.8) is 0 Å². The number of carbonyl (C=O) groups is 2. The summed E-state index contributed by atoms with van der Waals surface area (Å²) in [6, 6.07) is 3.40. The molecule has 6 heteroatoms. The number of nitrogens with zero attached hydrogens (tertiary/aromatic N) is 2. The quantitative estimate of drug-likeness (QED) is 0.597. The maximum absolute atomic E-state index is 12.1. The van der Waals surface area contributed by atoms with Crippen LogP contribution < -0.4 is 0 Å². The molecule has 0 saturated carbocycles. The minimum atomic E-state index is -0.414. The largest absolute Gasteiger partial charge is 0.465 e. The molecule has 0 aromatic carbocycles. The number of pyridine rings is 1. The molecule has 1 heterocycles. The number of ether oxygens (including phenoxy) is 1. The zero-order chi connectivity index (χ0) is 13.5. The number of likely N-dealkylation sites (N-methyl/N-ethyl adjacent to an activating group) is 1. The Morgan fingerprint density at radius 2 is 2.22 bits per heavy atom. The van der Waals surface area contributed by atoms with Gasteiger partial charge in [-0.25, -0.2) is 4.98 Å². The van der Waals surface area contributed by atoms with Crippen molar-refractivity contribution in [2.24, 2.45) is 0 Å². The van der Waals surface area contributed by atoms with E-state index in [0.717, 1.165) is 0 Å². The van der Waals surface area contributed by atoms with Crippen molar-refractivity contribution >= 4 is 23.6 Å². The molecule has 0 radical (unpaired) electrons. The predicted octanol–water partition coefficient (Wildman–Crippen LogP) is 1.44. The zero-order valence-corrected chi connectivity index (χ0v) is 11.5. The molecule has 18 heavy (non-hydrogen) atoms. The summed E-state index contributed by atoms with van der Waals surface area (Å²) in [5, 5.41) is 0.651. The Bertz CT molecular complexity index is 437. The molecule has 98 valence electrons. The fraction of sp³-hybridized carbons (Fsp3) is 0.417. The number of thioether (sulfide) groups is 1. The maximum atomic E-state index is 12.1. The van der Waals surface area contributed by atoms with Gasteiger partial charge in [0.05, 0.1) is 12.2 Å². The third-order valence-corrected chi connectivity index (χ3v) is 2.93. The number of carbonyl (C=O) groups excluding carboxylic acids is 2. The topological polar surface area (TPSA) is 59.5 Å². The number of aromatic nitrogens is 1. The van der Waals surface area contributed by atoms with Crippen LogP contribution in [-0.4, -0.2) is 48.2 Å². The lowest BCUT2D eigenvalue weighted by atomic mass is 10.2. The van der Waals surface area contributed by atoms with E-state index in [9.17, 15) is 9.59 Å². The Labute approximate surface area is 111 Å². The first-order valence-corrected chi connectivity index (χ1v) is 6.72. The first kappa shape index (κ1) is 14.5. The van der Waals surface area contributed by atoms with E-state index in [2.05, 4.69) is 4.98 Å². The first-order chi connectivity index (χ1) is 8.60. The van der Waals surface area contributed by atoms with Gasteiger partial charge in [0, 0.05) is 13.2 Å². The van der Waals surface area contributed by atoms with Gasteiger partial charge in [-0.2, -0.15) is 0 Å². The van der Waals surface area contributed by atoms with E-state index in [1.165, 1.54) is 16.7 Å². The predicted molar refractivity (Wildman–Crippen MR) is 69.6 cm³/mol. The number of rotatable bonds is 5. The van der Waals surface area contributed by atoms with E-state index in [-0.39, 0.29) is 12.5 Å². The summed E-state index contributed by atoms with van der Waals surface area (Å²) in [5.74, 6) is -0.650. The van der Waals surface area contributed by atoms with Crippen LogP contribution in [0.2, 0.25) is 0 Å². The molecule has 5 nitrogen and oxygen atoms in total. The van der Waals surface area contributed by atoms with Crippen molar-refractivity contribution in [2.75, 3.05) is 26.5 Å². The summed E-state index contributed by atoms with van der Waals surface area (Å²) < 4.78 is 4.80. The van der Waals surface area contributed by atoms with Crippen LogP contribution >= 0.6 is 11.8 Å². The van der Waals surface area contributed by atoms with Crippen LogP contribution in [0, 0.1) is 0 Å². The third-order valence-electron chi connectivity index (χ3n) is 2.21. The van der Waals surface area contributed by atoms with Crippen molar-refractivity contribution in [1.29, 1.82) is 0 Å². The fourth-order valence-corrected chi connectivity index (χ4v) is 1.94. The van der Waals surface area contributed by atoms with Gasteiger partial charge < -0.3 is 9.64 Å². The average Bonchev–Trinajstić information content (AvgIpc) is 2.38. The summed E-state index contributed by atoms with van der Waals surface area (Å²) in [6.45, 7) is 1.98. The highest BCUT2D eigenvalue weighted by molar-refractivity contribution is 7.98. The molecular weight excluding hydrogens is 252 g/mol. The minimum absolute atomic E-state index is 0.0601. The molecule has 0 bridgehead atoms. The summed E-state index contributed by atoms with van der Waals surface area (Å²) in [5.41, 5.74) is 0.497. The number of hydrogen-bond donors (Lipinski definition) is 0. The zero-order valence-electron chi connectivity index (χ0n) is 10.7. The molecule has 0 spiro atoms. The van der Waals surface area contributed by atoms with Gasteiger partial charge in [0.2, 0.25) is 0 Å². The number of amides is 1. The van der Waals surface area contributed by atoms with Crippen LogP contribution in [0.1, 0.15) is 17.3 Å². The Hall–Kier alpha value is -1.56. The van der Waals surface area contributed by atoms with E-state index >= 15 is 0 Å². The monoisotopic (exact) mass is 268 g/mol. The lowest BCUT2D eigenvalue weighted by molar-refractivity contribution is -0.143. The third kappa shape index (κ3) is 3.73. The van der Waals surface area contributed by atoms with Gasteiger partial charge in [-0.3, -0.25) is 9.59 Å². The molecule has 1 amide bonds. The lowest BCUT2D eigenvalue weighted by Gasteiger charge is -2.17. The van der Waals surface area contributed by atoms with Gasteiger partial charge in [0.1, 0.15) is 11.6 Å². The van der Waals surface area contributed by atoms with E-state index in [1.807, 2.05) is 6.26 Å². The van der Waals surface area contributed by atoms with Crippen LogP contribution in [0.5, 0.6) is 0 Å². The maximum Gasteiger partial charge on any atom is 0.325 e. The molecule has 0 fully saturated rings. The van der Waals surface area contributed by atoms with Crippen LogP contribution in [0.3, 0.4) is 0 Å². The standard InChI is InChI=1S/C12H16N2O3S/c1-4-17-10(15)8-14(2)12(16)9-6-5-7-13-11(9)18-3/h5-7H,4,8H2,1-3H3. The van der Waals surface area contributed by atoms with Crippen molar-refractivity contribution in [3.05, 3.63) is 23.9 Å². The van der Waals surface area contributed by atoms with Crippen molar-refractivity contribution in [3.8, 4) is 0 Å². The van der Waals surface area contributed by atoms with Crippen molar-refractivity contribution < 1.29 is 14.3 Å². The summed E-state index contributed by atoms with van der Waals surface area (Å²) >= 11 is 1.40. The van der Waals surface area contributed by atoms with E-state index in [4.69, 9.17) is 4.74 Å². The average molecular weight is 268 g/mol. The minimum Gasteiger partial charge on any atom is -0.465 e. The molecule has 0 unspecified atom stereocenters. The first-order valence-electron chi connectivity index (χ1n) is 5.50. The molecule has 1 aromatic rings. The van der Waals surface area contributed by atoms with Crippen LogP contribution in [0.4, 0.5) is 0 Å². The van der Waals surface area contributed by atoms with Crippen LogP contribution in [0.25, 0.3) is 0 Å². The molecule has 0 aliphatic rings. The molecule has 0 saturated heterocycles. The Kier molecular flexibility index (Phi) is 5.64. The highest BCUT2D eigenvalue weighted by atomic mass is 32.2. The Balaban J connectivity index is 2.77. The second-order valence-corrected chi connectivity index (χ2v) is 4.32. The second kappa shape index (κ2) is 7.00. The molecule has 0 aliphatic carbocycles. The van der Waals surface area contributed by atoms with Crippen LogP contribution in [0.15, 0.2) is 23.4 Å². The lowest BCUT2D eigenvalue weighted by Crippen LogP contribution is -2.33. The molecule has 0 aliphatic heterocycles. The second-order valence-electron chi connectivity index (χ2n) is 3.53. The summed E-state index contributed by atoms with van der Waals surface area (Å²) in [6.07, 6.45) is 3.48. The highest BCUT2D eigenvalue weighted by Crippen LogP contribution is 2.18. The molecular formula is C12H16N2O3S. The molecule has 0 atom stereocenters. The van der Waals surface area contributed by atoms with Gasteiger partial charge >= 0.3 is 5.97 Å². The molecule has 1 rings (SSSR count). The van der Waals surface area contributed by atoms with Gasteiger partial charge in [-0.1, -0.05) is 0 Å². The van der Waals surface area contributed by atoms with E-state index in [0.29, 0.717) is 17.2 Å². The molecule has 0 N–H and O–H groups in total. The van der Waals surface area contributed by atoms with Gasteiger partial charge in [0.25, 0.3) is 5.91 Å². The van der Waals surface area contributed by atoms with E-state index < -0.39 is 5.97 Å². The fourth-order valence-electron chi connectivity index (χ4n) is 1.39. The normalized spacial score (nSPS) is 9.94. The van der Waals surface area contributed by atoms with E-state index in [1.54, 1.807) is 32.3 Å². The van der Waals surface area contributed by atoms with Gasteiger partial charge in [-0.05, 0) is 25.3 Å². The Morgan fingerprint density at radius 1 is 1.50 bits per heavy atom. The Morgan fingerprint density at radius 3 is 2.83 bits per heavy atom. The number of hydrogen-bond acceptors (Lipinski definition) is 5. The summed E-state index contributed by atoms with van der Waals surface area (Å²) in [7, 11) is 1.57. The van der Waals surface area contributed by atoms with Gasteiger partial charge in [-0.15, -0.1) is 11.8 Å². The SMILES string of the molecule is CCOC(=O)CN(C)C(=O)c1cccnc1SC. The van der Waals surface area contributed by atoms with Crippen LogP contribution in [-0.2, 0) is 9.53 Å². The number of esters is 1.